The van der Waals surface area contributed by atoms with Crippen LogP contribution in [0.25, 0.3) is 0 Å². The molecule has 0 fully saturated rings. The highest BCUT2D eigenvalue weighted by molar-refractivity contribution is 5.77. The van der Waals surface area contributed by atoms with Crippen molar-refractivity contribution < 1.29 is 9.53 Å². The van der Waals surface area contributed by atoms with Crippen LogP contribution in [0.5, 0.6) is 5.75 Å². The minimum absolute atomic E-state index is 0.0710. The molecule has 0 saturated carbocycles. The minimum atomic E-state index is -0.0710. The van der Waals surface area contributed by atoms with Crippen LogP contribution in [-0.2, 0) is 4.79 Å². The standard InChI is InChI=1S/C15H21N3O2/c1-13-5-3-6-14(11-13)20-10-9-18(2)12-15(19)17-8-4-7-16/h3,5-6,11H,4,8-10,12H2,1-2H3,(H,17,19). The lowest BCUT2D eigenvalue weighted by Crippen LogP contribution is -2.37. The van der Waals surface area contributed by atoms with Gasteiger partial charge in [-0.15, -0.1) is 0 Å². The van der Waals surface area contributed by atoms with Crippen molar-refractivity contribution in [1.82, 2.24) is 10.2 Å². The summed E-state index contributed by atoms with van der Waals surface area (Å²) in [7, 11) is 1.86. The van der Waals surface area contributed by atoms with E-state index >= 15 is 0 Å². The molecule has 1 amide bonds. The molecule has 1 aromatic carbocycles. The number of hydrogen-bond acceptors (Lipinski definition) is 4. The fourth-order valence-corrected chi connectivity index (χ4v) is 1.66. The Morgan fingerprint density at radius 1 is 1.50 bits per heavy atom. The van der Waals surface area contributed by atoms with Crippen molar-refractivity contribution in [2.75, 3.05) is 33.3 Å². The largest absolute Gasteiger partial charge is 0.492 e. The SMILES string of the molecule is Cc1cccc(OCCN(C)CC(=O)NCCC#N)c1. The van der Waals surface area contributed by atoms with Crippen LogP contribution in [0, 0.1) is 18.3 Å². The molecule has 1 rings (SSSR count). The first-order valence-corrected chi connectivity index (χ1v) is 6.63. The quantitative estimate of drug-likeness (QED) is 0.727. The van der Waals surface area contributed by atoms with Crippen molar-refractivity contribution in [3.05, 3.63) is 29.8 Å². The van der Waals surface area contributed by atoms with E-state index in [0.29, 0.717) is 32.7 Å². The molecule has 0 aromatic heterocycles. The van der Waals surface area contributed by atoms with Gasteiger partial charge in [0, 0.05) is 13.1 Å². The first-order chi connectivity index (χ1) is 9.61. The van der Waals surface area contributed by atoms with Crippen molar-refractivity contribution >= 4 is 5.91 Å². The van der Waals surface area contributed by atoms with Crippen LogP contribution in [0.2, 0.25) is 0 Å². The molecule has 108 valence electrons. The summed E-state index contributed by atoms with van der Waals surface area (Å²) in [5.74, 6) is 0.773. The van der Waals surface area contributed by atoms with E-state index in [-0.39, 0.29) is 5.91 Å². The molecule has 20 heavy (non-hydrogen) atoms. The first kappa shape index (κ1) is 16.0. The van der Waals surface area contributed by atoms with E-state index in [1.807, 2.05) is 49.2 Å². The molecule has 0 atom stereocenters. The van der Waals surface area contributed by atoms with Crippen molar-refractivity contribution in [2.45, 2.75) is 13.3 Å². The molecular formula is C15H21N3O2. The molecule has 0 heterocycles. The van der Waals surface area contributed by atoms with Gasteiger partial charge in [0.05, 0.1) is 19.0 Å². The summed E-state index contributed by atoms with van der Waals surface area (Å²) in [6.45, 7) is 3.93. The fraction of sp³-hybridized carbons (Fsp3) is 0.467. The summed E-state index contributed by atoms with van der Waals surface area (Å²) in [4.78, 5) is 13.4. The second kappa shape index (κ2) is 8.94. The third-order valence-electron chi connectivity index (χ3n) is 2.70. The molecule has 0 bridgehead atoms. The van der Waals surface area contributed by atoms with Gasteiger partial charge < -0.3 is 10.1 Å². The van der Waals surface area contributed by atoms with E-state index in [9.17, 15) is 4.79 Å². The summed E-state index contributed by atoms with van der Waals surface area (Å²) in [6.07, 6.45) is 0.339. The van der Waals surface area contributed by atoms with Gasteiger partial charge >= 0.3 is 0 Å². The summed E-state index contributed by atoms with van der Waals surface area (Å²) in [6, 6.07) is 9.86. The van der Waals surface area contributed by atoms with Crippen LogP contribution in [0.4, 0.5) is 0 Å². The number of amides is 1. The maximum atomic E-state index is 11.5. The summed E-state index contributed by atoms with van der Waals surface area (Å²) in [5.41, 5.74) is 1.16. The van der Waals surface area contributed by atoms with E-state index in [1.54, 1.807) is 0 Å². The zero-order valence-electron chi connectivity index (χ0n) is 12.1. The number of nitriles is 1. The zero-order valence-corrected chi connectivity index (χ0v) is 12.1. The Morgan fingerprint density at radius 3 is 3.00 bits per heavy atom. The number of hydrogen-bond donors (Lipinski definition) is 1. The number of ether oxygens (including phenoxy) is 1. The van der Waals surface area contributed by atoms with Crippen LogP contribution in [-0.4, -0.2) is 44.1 Å². The number of aryl methyl sites for hydroxylation is 1. The van der Waals surface area contributed by atoms with Gasteiger partial charge in [-0.2, -0.15) is 5.26 Å². The summed E-state index contributed by atoms with van der Waals surface area (Å²) in [5, 5.41) is 11.1. The highest BCUT2D eigenvalue weighted by Gasteiger charge is 2.05. The van der Waals surface area contributed by atoms with E-state index in [1.165, 1.54) is 0 Å². The van der Waals surface area contributed by atoms with Gasteiger partial charge in [-0.3, -0.25) is 9.69 Å². The average Bonchev–Trinajstić information content (AvgIpc) is 2.39. The Hall–Kier alpha value is -2.06. The highest BCUT2D eigenvalue weighted by Crippen LogP contribution is 2.11. The van der Waals surface area contributed by atoms with E-state index < -0.39 is 0 Å². The lowest BCUT2D eigenvalue weighted by Gasteiger charge is -2.16. The van der Waals surface area contributed by atoms with Gasteiger partial charge in [-0.1, -0.05) is 12.1 Å². The lowest BCUT2D eigenvalue weighted by atomic mass is 10.2. The number of carbonyl (C=O) groups excluding carboxylic acids is 1. The number of nitrogens with zero attached hydrogens (tertiary/aromatic N) is 2. The van der Waals surface area contributed by atoms with Gasteiger partial charge in [0.15, 0.2) is 0 Å². The predicted molar refractivity (Wildman–Crippen MR) is 77.4 cm³/mol. The number of likely N-dealkylation sites (N-methyl/N-ethyl adjacent to an activating group) is 1. The van der Waals surface area contributed by atoms with E-state index in [0.717, 1.165) is 11.3 Å². The molecule has 0 spiro atoms. The van der Waals surface area contributed by atoms with Crippen molar-refractivity contribution in [1.29, 1.82) is 5.26 Å². The molecule has 0 unspecified atom stereocenters. The first-order valence-electron chi connectivity index (χ1n) is 6.63. The van der Waals surface area contributed by atoms with Crippen LogP contribution in [0.1, 0.15) is 12.0 Å². The van der Waals surface area contributed by atoms with Crippen molar-refractivity contribution in [2.24, 2.45) is 0 Å². The molecule has 0 aliphatic heterocycles. The lowest BCUT2D eigenvalue weighted by molar-refractivity contribution is -0.121. The van der Waals surface area contributed by atoms with Gasteiger partial charge in [0.25, 0.3) is 0 Å². The molecule has 0 radical (unpaired) electrons. The number of benzene rings is 1. The Morgan fingerprint density at radius 2 is 2.30 bits per heavy atom. The van der Waals surface area contributed by atoms with E-state index in [2.05, 4.69) is 5.32 Å². The van der Waals surface area contributed by atoms with Crippen LogP contribution in [0.3, 0.4) is 0 Å². The van der Waals surface area contributed by atoms with Gasteiger partial charge in [-0.05, 0) is 31.7 Å². The maximum Gasteiger partial charge on any atom is 0.234 e. The monoisotopic (exact) mass is 275 g/mol. The normalized spacial score (nSPS) is 10.1. The molecule has 1 N–H and O–H groups in total. The number of carbonyl (C=O) groups is 1. The number of nitrogens with one attached hydrogen (secondary N) is 1. The molecule has 1 aromatic rings. The molecule has 5 heteroatoms. The third-order valence-corrected chi connectivity index (χ3v) is 2.70. The Bertz CT molecular complexity index is 468. The molecule has 0 aliphatic rings. The predicted octanol–water partition coefficient (Wildman–Crippen LogP) is 1.34. The molecular weight excluding hydrogens is 254 g/mol. The van der Waals surface area contributed by atoms with Crippen LogP contribution >= 0.6 is 0 Å². The third kappa shape index (κ3) is 6.76. The molecule has 0 saturated heterocycles. The average molecular weight is 275 g/mol. The van der Waals surface area contributed by atoms with Gasteiger partial charge in [0.2, 0.25) is 5.91 Å². The second-order valence-electron chi connectivity index (χ2n) is 4.66. The number of rotatable bonds is 8. The Kier molecular flexibility index (Phi) is 7.15. The van der Waals surface area contributed by atoms with E-state index in [4.69, 9.17) is 10.00 Å². The topological polar surface area (TPSA) is 65.4 Å². The second-order valence-corrected chi connectivity index (χ2v) is 4.66. The van der Waals surface area contributed by atoms with Crippen LogP contribution < -0.4 is 10.1 Å². The summed E-state index contributed by atoms with van der Waals surface area (Å²) < 4.78 is 5.62. The molecule has 5 nitrogen and oxygen atoms in total. The van der Waals surface area contributed by atoms with Gasteiger partial charge in [0.1, 0.15) is 12.4 Å². The van der Waals surface area contributed by atoms with Crippen molar-refractivity contribution in [3.8, 4) is 11.8 Å². The molecule has 0 aliphatic carbocycles. The fourth-order valence-electron chi connectivity index (χ4n) is 1.66. The Labute approximate surface area is 120 Å². The van der Waals surface area contributed by atoms with Gasteiger partial charge in [-0.25, -0.2) is 0 Å². The zero-order chi connectivity index (χ0) is 14.8. The van der Waals surface area contributed by atoms with Crippen molar-refractivity contribution in [3.63, 3.8) is 0 Å². The van der Waals surface area contributed by atoms with Crippen LogP contribution in [0.15, 0.2) is 24.3 Å². The minimum Gasteiger partial charge on any atom is -0.492 e. The highest BCUT2D eigenvalue weighted by atomic mass is 16.5. The summed E-state index contributed by atoms with van der Waals surface area (Å²) >= 11 is 0. The Balaban J connectivity index is 2.18. The smallest absolute Gasteiger partial charge is 0.234 e. The maximum absolute atomic E-state index is 11.5.